The monoisotopic (exact) mass is 269 g/mol. The number of carbonyl (C=O) groups excluding carboxylic acids is 1. The average Bonchev–Trinajstić information content (AvgIpc) is 2.82. The quantitative estimate of drug-likeness (QED) is 0.742. The second-order valence-corrected chi connectivity index (χ2v) is 4.31. The van der Waals surface area contributed by atoms with Crippen molar-refractivity contribution in [2.45, 2.75) is 12.0 Å². The first-order valence-electron chi connectivity index (χ1n) is 5.57. The smallest absolute Gasteiger partial charge is 0.331 e. The second kappa shape index (κ2) is 4.85. The SMILES string of the molecule is O=C(NC1(C(=O)O)CCOC1)c1cc(F)ccc1O. The van der Waals surface area contributed by atoms with E-state index in [9.17, 15) is 19.1 Å². The molecule has 7 heteroatoms. The van der Waals surface area contributed by atoms with Gasteiger partial charge in [0.2, 0.25) is 0 Å². The normalized spacial score (nSPS) is 22.2. The molecule has 0 bridgehead atoms. The van der Waals surface area contributed by atoms with Crippen LogP contribution in [0.5, 0.6) is 5.75 Å². The third kappa shape index (κ3) is 2.50. The summed E-state index contributed by atoms with van der Waals surface area (Å²) in [6, 6.07) is 2.87. The first kappa shape index (κ1) is 13.3. The first-order chi connectivity index (χ1) is 8.94. The standard InChI is InChI=1S/C12H12FNO5/c13-7-1-2-9(15)8(5-7)10(16)14-12(11(17)18)3-4-19-6-12/h1-2,5,15H,3-4,6H2,(H,14,16)(H,17,18). The predicted octanol–water partition coefficient (Wildman–Crippen LogP) is 0.505. The summed E-state index contributed by atoms with van der Waals surface area (Å²) >= 11 is 0. The molecule has 0 aliphatic carbocycles. The Labute approximate surface area is 107 Å². The van der Waals surface area contributed by atoms with Gasteiger partial charge in [-0.25, -0.2) is 9.18 Å². The van der Waals surface area contributed by atoms with Crippen LogP contribution < -0.4 is 5.32 Å². The summed E-state index contributed by atoms with van der Waals surface area (Å²) in [4.78, 5) is 23.1. The fourth-order valence-electron chi connectivity index (χ4n) is 1.86. The zero-order valence-corrected chi connectivity index (χ0v) is 9.85. The summed E-state index contributed by atoms with van der Waals surface area (Å²) in [6.07, 6.45) is 0.115. The average molecular weight is 269 g/mol. The molecular formula is C12H12FNO5. The van der Waals surface area contributed by atoms with Crippen LogP contribution in [-0.2, 0) is 9.53 Å². The van der Waals surface area contributed by atoms with Gasteiger partial charge in [0.05, 0.1) is 12.2 Å². The number of carboxylic acids is 1. The minimum Gasteiger partial charge on any atom is -0.507 e. The van der Waals surface area contributed by atoms with Crippen molar-refractivity contribution < 1.29 is 28.9 Å². The maximum Gasteiger partial charge on any atom is 0.331 e. The molecule has 19 heavy (non-hydrogen) atoms. The number of hydrogen-bond donors (Lipinski definition) is 3. The molecule has 0 radical (unpaired) electrons. The van der Waals surface area contributed by atoms with Gasteiger partial charge in [-0.15, -0.1) is 0 Å². The summed E-state index contributed by atoms with van der Waals surface area (Å²) in [5.41, 5.74) is -1.84. The Morgan fingerprint density at radius 3 is 2.74 bits per heavy atom. The molecule has 1 aromatic carbocycles. The molecule has 1 heterocycles. The Kier molecular flexibility index (Phi) is 3.39. The third-order valence-electron chi connectivity index (χ3n) is 2.99. The number of phenols is 1. The Bertz CT molecular complexity index is 525. The van der Waals surface area contributed by atoms with Crippen molar-refractivity contribution in [3.8, 4) is 5.75 Å². The lowest BCUT2D eigenvalue weighted by Crippen LogP contribution is -2.55. The molecule has 2 rings (SSSR count). The van der Waals surface area contributed by atoms with Crippen LogP contribution in [0.1, 0.15) is 16.8 Å². The summed E-state index contributed by atoms with van der Waals surface area (Å²) in [5, 5.41) is 20.9. The van der Waals surface area contributed by atoms with Gasteiger partial charge in [-0.3, -0.25) is 4.79 Å². The summed E-state index contributed by atoms with van der Waals surface area (Å²) in [5.74, 6) is -3.20. The van der Waals surface area contributed by atoms with Crippen molar-refractivity contribution in [2.75, 3.05) is 13.2 Å². The van der Waals surface area contributed by atoms with Crippen LogP contribution in [0.25, 0.3) is 0 Å². The van der Waals surface area contributed by atoms with E-state index in [4.69, 9.17) is 9.84 Å². The number of ether oxygens (including phenoxy) is 1. The van der Waals surface area contributed by atoms with Crippen LogP contribution in [0.2, 0.25) is 0 Å². The molecule has 1 aliphatic rings. The maximum absolute atomic E-state index is 13.0. The Hall–Kier alpha value is -2.15. The van der Waals surface area contributed by atoms with E-state index in [1.54, 1.807) is 0 Å². The predicted molar refractivity (Wildman–Crippen MR) is 61.3 cm³/mol. The lowest BCUT2D eigenvalue weighted by Gasteiger charge is -2.23. The Morgan fingerprint density at radius 1 is 1.42 bits per heavy atom. The second-order valence-electron chi connectivity index (χ2n) is 4.31. The Balaban J connectivity index is 2.25. The number of aliphatic carboxylic acids is 1. The largest absolute Gasteiger partial charge is 0.507 e. The van der Waals surface area contributed by atoms with Crippen LogP contribution in [0, 0.1) is 5.82 Å². The summed E-state index contributed by atoms with van der Waals surface area (Å²) < 4.78 is 18.0. The van der Waals surface area contributed by atoms with Gasteiger partial charge in [-0.05, 0) is 18.2 Å². The van der Waals surface area contributed by atoms with Gasteiger partial charge in [0.25, 0.3) is 5.91 Å². The van der Waals surface area contributed by atoms with Gasteiger partial charge in [0.1, 0.15) is 11.6 Å². The zero-order valence-electron chi connectivity index (χ0n) is 9.85. The third-order valence-corrected chi connectivity index (χ3v) is 2.99. The van der Waals surface area contributed by atoms with E-state index in [-0.39, 0.29) is 25.2 Å². The van der Waals surface area contributed by atoms with Crippen LogP contribution in [0.4, 0.5) is 4.39 Å². The molecule has 0 saturated carbocycles. The van der Waals surface area contributed by atoms with Crippen molar-refractivity contribution in [3.63, 3.8) is 0 Å². The van der Waals surface area contributed by atoms with E-state index in [1.165, 1.54) is 0 Å². The number of hydrogen-bond acceptors (Lipinski definition) is 4. The van der Waals surface area contributed by atoms with E-state index in [0.717, 1.165) is 18.2 Å². The van der Waals surface area contributed by atoms with Crippen molar-refractivity contribution in [2.24, 2.45) is 0 Å². The summed E-state index contributed by atoms with van der Waals surface area (Å²) in [7, 11) is 0. The van der Waals surface area contributed by atoms with Crippen molar-refractivity contribution >= 4 is 11.9 Å². The van der Waals surface area contributed by atoms with E-state index in [1.807, 2.05) is 0 Å². The highest BCUT2D eigenvalue weighted by atomic mass is 19.1. The van der Waals surface area contributed by atoms with Crippen LogP contribution in [0.3, 0.4) is 0 Å². The van der Waals surface area contributed by atoms with E-state index in [0.29, 0.717) is 0 Å². The molecule has 1 aromatic rings. The highest BCUT2D eigenvalue weighted by molar-refractivity contribution is 6.00. The molecule has 1 saturated heterocycles. The number of carbonyl (C=O) groups is 2. The van der Waals surface area contributed by atoms with Crippen LogP contribution >= 0.6 is 0 Å². The van der Waals surface area contributed by atoms with Gasteiger partial charge in [-0.2, -0.15) is 0 Å². The van der Waals surface area contributed by atoms with Gasteiger partial charge < -0.3 is 20.3 Å². The fourth-order valence-corrected chi connectivity index (χ4v) is 1.86. The molecule has 6 nitrogen and oxygen atoms in total. The molecule has 1 aliphatic heterocycles. The van der Waals surface area contributed by atoms with Crippen LogP contribution in [-0.4, -0.2) is 40.8 Å². The van der Waals surface area contributed by atoms with Crippen molar-refractivity contribution in [1.82, 2.24) is 5.32 Å². The van der Waals surface area contributed by atoms with Gasteiger partial charge in [0, 0.05) is 13.0 Å². The first-order valence-corrected chi connectivity index (χ1v) is 5.57. The summed E-state index contributed by atoms with van der Waals surface area (Å²) in [6.45, 7) is 0.0475. The van der Waals surface area contributed by atoms with E-state index in [2.05, 4.69) is 5.32 Å². The molecule has 1 fully saturated rings. The minimum absolute atomic E-state index is 0.115. The molecular weight excluding hydrogens is 257 g/mol. The number of aromatic hydroxyl groups is 1. The number of amides is 1. The number of halogens is 1. The van der Waals surface area contributed by atoms with Gasteiger partial charge >= 0.3 is 5.97 Å². The van der Waals surface area contributed by atoms with Crippen LogP contribution in [0.15, 0.2) is 18.2 Å². The van der Waals surface area contributed by atoms with Crippen molar-refractivity contribution in [1.29, 1.82) is 0 Å². The number of phenolic OH excluding ortho intramolecular Hbond substituents is 1. The van der Waals surface area contributed by atoms with Crippen molar-refractivity contribution in [3.05, 3.63) is 29.6 Å². The zero-order chi connectivity index (χ0) is 14.0. The molecule has 1 atom stereocenters. The number of rotatable bonds is 3. The Morgan fingerprint density at radius 2 is 2.16 bits per heavy atom. The molecule has 0 spiro atoms. The fraction of sp³-hybridized carbons (Fsp3) is 0.333. The number of benzene rings is 1. The maximum atomic E-state index is 13.0. The molecule has 102 valence electrons. The lowest BCUT2D eigenvalue weighted by atomic mass is 9.98. The topological polar surface area (TPSA) is 95.9 Å². The highest BCUT2D eigenvalue weighted by Crippen LogP contribution is 2.22. The van der Waals surface area contributed by atoms with E-state index >= 15 is 0 Å². The number of carboxylic acid groups (broad SMARTS) is 1. The highest BCUT2D eigenvalue weighted by Gasteiger charge is 2.44. The lowest BCUT2D eigenvalue weighted by molar-refractivity contribution is -0.144. The number of nitrogens with one attached hydrogen (secondary N) is 1. The molecule has 1 unspecified atom stereocenters. The van der Waals surface area contributed by atoms with Gasteiger partial charge in [0.15, 0.2) is 5.54 Å². The molecule has 1 amide bonds. The minimum atomic E-state index is -1.53. The van der Waals surface area contributed by atoms with E-state index < -0.39 is 29.0 Å². The molecule has 3 N–H and O–H groups in total. The van der Waals surface area contributed by atoms with Gasteiger partial charge in [-0.1, -0.05) is 0 Å². The molecule has 0 aromatic heterocycles.